The number of rotatable bonds is 3. The Labute approximate surface area is 153 Å². The summed E-state index contributed by atoms with van der Waals surface area (Å²) in [6.45, 7) is 3.70. The molecule has 3 aromatic rings. The highest BCUT2D eigenvalue weighted by atomic mass is 32.2. The summed E-state index contributed by atoms with van der Waals surface area (Å²) in [4.78, 5) is 3.39. The zero-order chi connectivity index (χ0) is 18.5. The van der Waals surface area contributed by atoms with Crippen LogP contribution in [0.3, 0.4) is 0 Å². The van der Waals surface area contributed by atoms with Crippen molar-refractivity contribution in [2.75, 3.05) is 0 Å². The van der Waals surface area contributed by atoms with Crippen LogP contribution in [0, 0.1) is 0 Å². The zero-order valence-electron chi connectivity index (χ0n) is 14.8. The van der Waals surface area contributed by atoms with E-state index in [2.05, 4.69) is 4.98 Å². The smallest absolute Gasteiger partial charge is 0.244 e. The number of sulfonamides is 1. The molecule has 0 bridgehead atoms. The van der Waals surface area contributed by atoms with E-state index >= 15 is 0 Å². The van der Waals surface area contributed by atoms with Gasteiger partial charge in [0.1, 0.15) is 0 Å². The van der Waals surface area contributed by atoms with Crippen LogP contribution in [0.2, 0.25) is 0 Å². The van der Waals surface area contributed by atoms with E-state index in [1.165, 1.54) is 4.31 Å². The molecule has 26 heavy (non-hydrogen) atoms. The van der Waals surface area contributed by atoms with E-state index in [4.69, 9.17) is 0 Å². The topological polar surface area (TPSA) is 73.4 Å². The van der Waals surface area contributed by atoms with Crippen LogP contribution in [-0.2, 0) is 16.4 Å². The summed E-state index contributed by atoms with van der Waals surface area (Å²) >= 11 is 0. The maximum atomic E-state index is 13.2. The first-order valence-electron chi connectivity index (χ1n) is 8.77. The number of hydrogen-bond acceptors (Lipinski definition) is 3. The predicted octanol–water partition coefficient (Wildman–Crippen LogP) is 3.23. The fraction of sp³-hybridized carbons (Fsp3) is 0.300. The van der Waals surface area contributed by atoms with Crippen LogP contribution in [0.5, 0.6) is 0 Å². The van der Waals surface area contributed by atoms with Gasteiger partial charge < -0.3 is 10.1 Å². The molecule has 1 aliphatic rings. The van der Waals surface area contributed by atoms with Crippen LogP contribution in [0.4, 0.5) is 0 Å². The molecule has 0 aliphatic carbocycles. The maximum absolute atomic E-state index is 13.2. The lowest BCUT2D eigenvalue weighted by Crippen LogP contribution is -2.52. The molecule has 1 aromatic heterocycles. The summed E-state index contributed by atoms with van der Waals surface area (Å²) in [7, 11) is -3.66. The quantitative estimate of drug-likeness (QED) is 0.743. The number of nitrogens with zero attached hydrogens (tertiary/aromatic N) is 1. The van der Waals surface area contributed by atoms with E-state index in [1.54, 1.807) is 24.3 Å². The van der Waals surface area contributed by atoms with Crippen molar-refractivity contribution in [3.8, 4) is 0 Å². The fourth-order valence-corrected chi connectivity index (χ4v) is 6.08. The van der Waals surface area contributed by atoms with Crippen molar-refractivity contribution in [2.24, 2.45) is 0 Å². The van der Waals surface area contributed by atoms with Crippen LogP contribution >= 0.6 is 0 Å². The monoisotopic (exact) mass is 370 g/mol. The van der Waals surface area contributed by atoms with Crippen molar-refractivity contribution >= 4 is 20.9 Å². The Morgan fingerprint density at radius 1 is 1.12 bits per heavy atom. The number of benzene rings is 2. The van der Waals surface area contributed by atoms with Gasteiger partial charge in [-0.25, -0.2) is 8.42 Å². The second-order valence-electron chi connectivity index (χ2n) is 7.04. The first-order valence-corrected chi connectivity index (χ1v) is 10.2. The molecular weight excluding hydrogens is 348 g/mol. The van der Waals surface area contributed by atoms with Gasteiger partial charge in [0.15, 0.2) is 0 Å². The molecule has 5 nitrogen and oxygen atoms in total. The molecule has 1 aliphatic heterocycles. The Balaban J connectivity index is 1.85. The highest BCUT2D eigenvalue weighted by molar-refractivity contribution is 7.89. The molecule has 2 heterocycles. The molecule has 136 valence electrons. The standard InChI is InChI=1S/C20H22N2O3S/c1-13(2)22-18(12-14-6-5-8-17-15(14)10-11-21-17)20(23)16-7-3-4-9-19(16)26(22,24)25/h3-11,13,18,20-21,23H,12H2,1-2H3/t18-,20+/m0/s1. The van der Waals surface area contributed by atoms with Gasteiger partial charge in [0.05, 0.1) is 17.0 Å². The summed E-state index contributed by atoms with van der Waals surface area (Å²) in [6, 6.07) is 13.9. The van der Waals surface area contributed by atoms with Crippen LogP contribution < -0.4 is 0 Å². The number of aliphatic hydroxyl groups is 1. The minimum atomic E-state index is -3.66. The highest BCUT2D eigenvalue weighted by Gasteiger charge is 2.44. The third-order valence-corrected chi connectivity index (χ3v) is 7.28. The van der Waals surface area contributed by atoms with E-state index in [1.807, 2.05) is 44.3 Å². The number of hydrogen-bond donors (Lipinski definition) is 2. The van der Waals surface area contributed by atoms with Crippen molar-refractivity contribution < 1.29 is 13.5 Å². The van der Waals surface area contributed by atoms with Gasteiger partial charge in [-0.15, -0.1) is 0 Å². The molecule has 2 aromatic carbocycles. The van der Waals surface area contributed by atoms with E-state index < -0.39 is 22.2 Å². The number of aromatic amines is 1. The summed E-state index contributed by atoms with van der Waals surface area (Å²) < 4.78 is 27.9. The summed E-state index contributed by atoms with van der Waals surface area (Å²) in [5, 5.41) is 12.1. The van der Waals surface area contributed by atoms with Crippen molar-refractivity contribution in [2.45, 2.75) is 43.4 Å². The molecule has 2 N–H and O–H groups in total. The maximum Gasteiger partial charge on any atom is 0.244 e. The number of aliphatic hydroxyl groups excluding tert-OH is 1. The van der Waals surface area contributed by atoms with Gasteiger partial charge in [-0.3, -0.25) is 0 Å². The lowest BCUT2D eigenvalue weighted by atomic mass is 9.93. The first kappa shape index (κ1) is 17.3. The minimum Gasteiger partial charge on any atom is -0.387 e. The van der Waals surface area contributed by atoms with Crippen molar-refractivity contribution in [1.29, 1.82) is 0 Å². The van der Waals surface area contributed by atoms with Gasteiger partial charge in [-0.1, -0.05) is 30.3 Å². The number of fused-ring (bicyclic) bond motifs is 2. The third kappa shape index (κ3) is 2.57. The molecule has 0 spiro atoms. The highest BCUT2D eigenvalue weighted by Crippen LogP contribution is 2.39. The van der Waals surface area contributed by atoms with E-state index in [0.29, 0.717) is 12.0 Å². The Hall–Kier alpha value is -2.15. The average Bonchev–Trinajstić information content (AvgIpc) is 3.09. The molecule has 0 unspecified atom stereocenters. The largest absolute Gasteiger partial charge is 0.387 e. The molecule has 4 rings (SSSR count). The normalized spacial score (nSPS) is 22.6. The average molecular weight is 370 g/mol. The van der Waals surface area contributed by atoms with Gasteiger partial charge in [-0.2, -0.15) is 4.31 Å². The Morgan fingerprint density at radius 2 is 1.88 bits per heavy atom. The predicted molar refractivity (Wildman–Crippen MR) is 101 cm³/mol. The van der Waals surface area contributed by atoms with Crippen LogP contribution in [0.25, 0.3) is 10.9 Å². The summed E-state index contributed by atoms with van der Waals surface area (Å²) in [5.74, 6) is 0. The lowest BCUT2D eigenvalue weighted by Gasteiger charge is -2.41. The van der Waals surface area contributed by atoms with E-state index in [0.717, 1.165) is 16.5 Å². The SMILES string of the molecule is CC(C)N1[C@@H](Cc2cccc3[nH]ccc23)[C@H](O)c2ccccc2S1(=O)=O. The Morgan fingerprint density at radius 3 is 2.65 bits per heavy atom. The number of nitrogens with one attached hydrogen (secondary N) is 1. The molecule has 0 radical (unpaired) electrons. The summed E-state index contributed by atoms with van der Waals surface area (Å²) in [6.07, 6.45) is 1.45. The van der Waals surface area contributed by atoms with Crippen molar-refractivity contribution in [1.82, 2.24) is 9.29 Å². The summed E-state index contributed by atoms with van der Waals surface area (Å²) in [5.41, 5.74) is 2.51. The lowest BCUT2D eigenvalue weighted by molar-refractivity contribution is 0.0687. The number of aromatic nitrogens is 1. The molecule has 2 atom stereocenters. The van der Waals surface area contributed by atoms with E-state index in [-0.39, 0.29) is 10.9 Å². The Kier molecular flexibility index (Phi) is 4.14. The number of H-pyrrole nitrogens is 1. The second-order valence-corrected chi connectivity index (χ2v) is 8.85. The van der Waals surface area contributed by atoms with Crippen molar-refractivity contribution in [3.63, 3.8) is 0 Å². The van der Waals surface area contributed by atoms with Crippen LogP contribution in [-0.4, -0.2) is 34.9 Å². The van der Waals surface area contributed by atoms with Gasteiger partial charge in [-0.05, 0) is 44.0 Å². The minimum absolute atomic E-state index is 0.206. The third-order valence-electron chi connectivity index (χ3n) is 5.11. The molecule has 6 heteroatoms. The van der Waals surface area contributed by atoms with Gasteiger partial charge in [0.25, 0.3) is 0 Å². The molecular formula is C20H22N2O3S. The van der Waals surface area contributed by atoms with Crippen LogP contribution in [0.15, 0.2) is 59.6 Å². The molecule has 0 saturated carbocycles. The van der Waals surface area contributed by atoms with Gasteiger partial charge >= 0.3 is 0 Å². The first-order chi connectivity index (χ1) is 12.4. The van der Waals surface area contributed by atoms with Crippen LogP contribution in [0.1, 0.15) is 31.1 Å². The molecule has 0 saturated heterocycles. The fourth-order valence-electron chi connectivity index (χ4n) is 4.01. The van der Waals surface area contributed by atoms with Gasteiger partial charge in [0, 0.05) is 28.7 Å². The van der Waals surface area contributed by atoms with Gasteiger partial charge in [0.2, 0.25) is 10.0 Å². The van der Waals surface area contributed by atoms with Crippen molar-refractivity contribution in [3.05, 3.63) is 65.9 Å². The molecule has 0 fully saturated rings. The molecule has 0 amide bonds. The zero-order valence-corrected chi connectivity index (χ0v) is 15.6. The van der Waals surface area contributed by atoms with E-state index in [9.17, 15) is 13.5 Å². The Bertz CT molecular complexity index is 1060. The second kappa shape index (κ2) is 6.23.